The average molecular weight is 355 g/mol. The molecule has 2 aromatic carbocycles. The van der Waals surface area contributed by atoms with E-state index in [0.717, 1.165) is 39.0 Å². The normalized spacial score (nSPS) is 13.2. The molecule has 0 bridgehead atoms. The van der Waals surface area contributed by atoms with Gasteiger partial charge in [-0.25, -0.2) is 0 Å². The lowest BCUT2D eigenvalue weighted by atomic mass is 10.2. The van der Waals surface area contributed by atoms with Crippen molar-refractivity contribution >= 4 is 11.4 Å². The van der Waals surface area contributed by atoms with Gasteiger partial charge >= 0.3 is 0 Å². The van der Waals surface area contributed by atoms with Crippen molar-refractivity contribution in [2.75, 3.05) is 36.8 Å². The first kappa shape index (κ1) is 20.3. The van der Waals surface area contributed by atoms with E-state index in [0.29, 0.717) is 12.1 Å². The molecule has 0 fully saturated rings. The number of hydrogen-bond donors (Lipinski definition) is 4. The van der Waals surface area contributed by atoms with Gasteiger partial charge in [0.05, 0.1) is 0 Å². The van der Waals surface area contributed by atoms with Crippen molar-refractivity contribution in [3.8, 4) is 0 Å². The summed E-state index contributed by atoms with van der Waals surface area (Å²) in [6.45, 7) is 8.33. The molecule has 0 heterocycles. The Hall–Kier alpha value is -2.04. The van der Waals surface area contributed by atoms with Crippen molar-refractivity contribution in [3.05, 3.63) is 60.7 Å². The topological polar surface area (TPSA) is 48.1 Å². The van der Waals surface area contributed by atoms with E-state index in [1.165, 1.54) is 11.4 Å². The molecule has 0 radical (unpaired) electrons. The van der Waals surface area contributed by atoms with Crippen molar-refractivity contribution in [1.82, 2.24) is 10.6 Å². The molecule has 0 aliphatic carbocycles. The minimum absolute atomic E-state index is 0.486. The Kier molecular flexibility index (Phi) is 9.62. The first-order valence-corrected chi connectivity index (χ1v) is 9.86. The highest BCUT2D eigenvalue weighted by Gasteiger charge is 2.07. The Balaban J connectivity index is 1.60. The monoisotopic (exact) mass is 354 g/mol. The summed E-state index contributed by atoms with van der Waals surface area (Å²) in [6, 6.07) is 21.8. The van der Waals surface area contributed by atoms with E-state index >= 15 is 0 Å². The zero-order valence-electron chi connectivity index (χ0n) is 16.2. The highest BCUT2D eigenvalue weighted by Crippen LogP contribution is 2.06. The van der Waals surface area contributed by atoms with Gasteiger partial charge in [-0.05, 0) is 37.1 Å². The molecule has 0 saturated heterocycles. The van der Waals surface area contributed by atoms with Gasteiger partial charge in [0.15, 0.2) is 0 Å². The Morgan fingerprint density at radius 3 is 1.35 bits per heavy atom. The van der Waals surface area contributed by atoms with Gasteiger partial charge < -0.3 is 21.3 Å². The summed E-state index contributed by atoms with van der Waals surface area (Å²) in [7, 11) is 0. The fourth-order valence-electron chi connectivity index (χ4n) is 2.87. The van der Waals surface area contributed by atoms with Crippen molar-refractivity contribution in [2.24, 2.45) is 0 Å². The summed E-state index contributed by atoms with van der Waals surface area (Å²) >= 11 is 0. The van der Waals surface area contributed by atoms with Gasteiger partial charge in [0.2, 0.25) is 0 Å². The fraction of sp³-hybridized carbons (Fsp3) is 0.455. The fourth-order valence-corrected chi connectivity index (χ4v) is 2.87. The van der Waals surface area contributed by atoms with E-state index in [4.69, 9.17) is 0 Å². The van der Waals surface area contributed by atoms with Gasteiger partial charge in [0, 0.05) is 49.6 Å². The second-order valence-corrected chi connectivity index (χ2v) is 6.61. The van der Waals surface area contributed by atoms with E-state index in [1.54, 1.807) is 0 Å². The molecule has 4 nitrogen and oxygen atoms in total. The summed E-state index contributed by atoms with van der Waals surface area (Å²) < 4.78 is 0. The molecule has 2 unspecified atom stereocenters. The van der Waals surface area contributed by atoms with Crippen molar-refractivity contribution < 1.29 is 0 Å². The van der Waals surface area contributed by atoms with Gasteiger partial charge in [-0.3, -0.25) is 0 Å². The van der Waals surface area contributed by atoms with Crippen molar-refractivity contribution in [3.63, 3.8) is 0 Å². The third-order valence-corrected chi connectivity index (χ3v) is 4.63. The van der Waals surface area contributed by atoms with Gasteiger partial charge in [0.1, 0.15) is 0 Å². The highest BCUT2D eigenvalue weighted by molar-refractivity contribution is 5.43. The molecular weight excluding hydrogens is 320 g/mol. The SMILES string of the molecule is CCC(CNc1ccccc1)NCCNC(CC)CNc1ccccc1. The van der Waals surface area contributed by atoms with E-state index < -0.39 is 0 Å². The lowest BCUT2D eigenvalue weighted by Gasteiger charge is -2.21. The molecule has 2 aromatic rings. The van der Waals surface area contributed by atoms with Crippen molar-refractivity contribution in [2.45, 2.75) is 38.8 Å². The first-order valence-electron chi connectivity index (χ1n) is 9.86. The van der Waals surface area contributed by atoms with Gasteiger partial charge in [0.25, 0.3) is 0 Å². The number of para-hydroxylation sites is 2. The van der Waals surface area contributed by atoms with Crippen LogP contribution in [-0.2, 0) is 0 Å². The van der Waals surface area contributed by atoms with Crippen LogP contribution in [0.25, 0.3) is 0 Å². The lowest BCUT2D eigenvalue weighted by molar-refractivity contribution is 0.466. The Bertz CT molecular complexity index is 520. The van der Waals surface area contributed by atoms with E-state index in [-0.39, 0.29) is 0 Å². The predicted molar refractivity (Wildman–Crippen MR) is 114 cm³/mol. The lowest BCUT2D eigenvalue weighted by Crippen LogP contribution is -2.42. The molecule has 26 heavy (non-hydrogen) atoms. The molecular formula is C22H34N4. The maximum absolute atomic E-state index is 3.65. The van der Waals surface area contributed by atoms with Crippen molar-refractivity contribution in [1.29, 1.82) is 0 Å². The van der Waals surface area contributed by atoms with Gasteiger partial charge in [-0.1, -0.05) is 50.2 Å². The Morgan fingerprint density at radius 1 is 0.615 bits per heavy atom. The van der Waals surface area contributed by atoms with Crippen LogP contribution in [0.15, 0.2) is 60.7 Å². The third kappa shape index (κ3) is 7.89. The first-order chi connectivity index (χ1) is 12.8. The van der Waals surface area contributed by atoms with Crippen LogP contribution in [0.5, 0.6) is 0 Å². The summed E-state index contributed by atoms with van der Waals surface area (Å²) in [5.41, 5.74) is 2.37. The van der Waals surface area contributed by atoms with Crippen LogP contribution in [-0.4, -0.2) is 38.3 Å². The van der Waals surface area contributed by atoms with E-state index in [9.17, 15) is 0 Å². The molecule has 4 heteroatoms. The summed E-state index contributed by atoms with van der Waals surface area (Å²) in [6.07, 6.45) is 2.24. The quantitative estimate of drug-likeness (QED) is 0.412. The molecule has 0 amide bonds. The average Bonchev–Trinajstić information content (AvgIpc) is 2.71. The third-order valence-electron chi connectivity index (χ3n) is 4.63. The molecule has 0 aliphatic heterocycles. The number of hydrogen-bond acceptors (Lipinski definition) is 4. The van der Waals surface area contributed by atoms with Gasteiger partial charge in [-0.15, -0.1) is 0 Å². The maximum atomic E-state index is 3.65. The zero-order chi connectivity index (χ0) is 18.5. The molecule has 2 rings (SSSR count). The van der Waals surface area contributed by atoms with Crippen LogP contribution < -0.4 is 21.3 Å². The van der Waals surface area contributed by atoms with Crippen LogP contribution >= 0.6 is 0 Å². The smallest absolute Gasteiger partial charge is 0.0340 e. The van der Waals surface area contributed by atoms with Gasteiger partial charge in [-0.2, -0.15) is 0 Å². The Labute approximate surface area is 158 Å². The molecule has 0 aromatic heterocycles. The second-order valence-electron chi connectivity index (χ2n) is 6.61. The molecule has 0 saturated carbocycles. The molecule has 4 N–H and O–H groups in total. The largest absolute Gasteiger partial charge is 0.383 e. The summed E-state index contributed by atoms with van der Waals surface area (Å²) in [4.78, 5) is 0. The van der Waals surface area contributed by atoms with Crippen LogP contribution in [0.1, 0.15) is 26.7 Å². The number of anilines is 2. The zero-order valence-corrected chi connectivity index (χ0v) is 16.2. The minimum Gasteiger partial charge on any atom is -0.383 e. The van der Waals surface area contributed by atoms with Crippen LogP contribution in [0, 0.1) is 0 Å². The highest BCUT2D eigenvalue weighted by atomic mass is 15.0. The Morgan fingerprint density at radius 2 is 1.00 bits per heavy atom. The maximum Gasteiger partial charge on any atom is 0.0340 e. The van der Waals surface area contributed by atoms with E-state index in [2.05, 4.69) is 83.6 Å². The standard InChI is InChI=1S/C22H34N4/c1-3-19(17-25-21-11-7-5-8-12-21)23-15-16-24-20(4-2)18-26-22-13-9-6-10-14-22/h5-14,19-20,23-26H,3-4,15-18H2,1-2H3. The molecule has 0 spiro atoms. The molecule has 142 valence electrons. The number of benzene rings is 2. The molecule has 2 atom stereocenters. The van der Waals surface area contributed by atoms with Crippen LogP contribution in [0.3, 0.4) is 0 Å². The summed E-state index contributed by atoms with van der Waals surface area (Å²) in [5, 5.41) is 14.3. The molecule has 0 aliphatic rings. The summed E-state index contributed by atoms with van der Waals surface area (Å²) in [5.74, 6) is 0. The minimum atomic E-state index is 0.486. The number of nitrogens with one attached hydrogen (secondary N) is 4. The van der Waals surface area contributed by atoms with E-state index in [1.807, 2.05) is 12.1 Å². The second kappa shape index (κ2) is 12.3. The number of rotatable bonds is 13. The van der Waals surface area contributed by atoms with Crippen LogP contribution in [0.4, 0.5) is 11.4 Å². The van der Waals surface area contributed by atoms with Crippen LogP contribution in [0.2, 0.25) is 0 Å². The predicted octanol–water partition coefficient (Wildman–Crippen LogP) is 3.95.